The second-order valence-electron chi connectivity index (χ2n) is 9.97. The van der Waals surface area contributed by atoms with Crippen molar-refractivity contribution in [1.29, 1.82) is 0 Å². The van der Waals surface area contributed by atoms with Crippen LogP contribution in [0.4, 0.5) is 11.5 Å². The number of morpholine rings is 1. The highest BCUT2D eigenvalue weighted by molar-refractivity contribution is 5.89. The number of benzene rings is 1. The Morgan fingerprint density at radius 1 is 1.08 bits per heavy atom. The number of aliphatic hydroxyl groups is 1. The molecule has 2 aromatic heterocycles. The van der Waals surface area contributed by atoms with Crippen molar-refractivity contribution >= 4 is 52.4 Å². The van der Waals surface area contributed by atoms with Crippen LogP contribution >= 0.6 is 12.4 Å². The maximum absolute atomic E-state index is 12.6. The number of carbonyl (C=O) groups excluding carboxylic acids is 2. The van der Waals surface area contributed by atoms with Crippen molar-refractivity contribution in [2.75, 3.05) is 49.6 Å². The molecule has 2 unspecified atom stereocenters. The van der Waals surface area contributed by atoms with Crippen LogP contribution in [0.25, 0.3) is 16.7 Å². The Kier molecular flexibility index (Phi) is 10.7. The lowest BCUT2D eigenvalue weighted by molar-refractivity contribution is -0.134. The lowest BCUT2D eigenvalue weighted by Gasteiger charge is -2.29. The number of ether oxygens (including phenoxy) is 1. The zero-order chi connectivity index (χ0) is 27.2. The Morgan fingerprint density at radius 3 is 2.49 bits per heavy atom. The van der Waals surface area contributed by atoms with E-state index in [1.54, 1.807) is 0 Å². The van der Waals surface area contributed by atoms with Gasteiger partial charge in [0, 0.05) is 31.9 Å². The minimum Gasteiger partial charge on any atom is -0.384 e. The lowest BCUT2D eigenvalue weighted by atomic mass is 10.0. The first-order valence-corrected chi connectivity index (χ1v) is 13.2. The molecule has 3 aromatic rings. The number of carbonyl (C=O) groups is 2. The van der Waals surface area contributed by atoms with Crippen molar-refractivity contribution in [3.8, 4) is 0 Å². The van der Waals surface area contributed by atoms with Crippen molar-refractivity contribution < 1.29 is 19.4 Å². The number of unbranched alkanes of at least 4 members (excludes halogenated alkanes) is 1. The Morgan fingerprint density at radius 2 is 1.79 bits per heavy atom. The molecule has 0 saturated carbocycles. The molecule has 1 saturated heterocycles. The number of aryl methyl sites for hydroxylation is 1. The van der Waals surface area contributed by atoms with E-state index >= 15 is 0 Å². The van der Waals surface area contributed by atoms with Gasteiger partial charge in [-0.3, -0.25) is 14.0 Å². The van der Waals surface area contributed by atoms with Gasteiger partial charge in [0.1, 0.15) is 18.0 Å². The van der Waals surface area contributed by atoms with Crippen LogP contribution in [0, 0.1) is 12.8 Å². The second-order valence-corrected chi connectivity index (χ2v) is 9.97. The molecule has 2 amide bonds. The third kappa shape index (κ3) is 7.25. The van der Waals surface area contributed by atoms with E-state index in [1.807, 2.05) is 25.2 Å². The Bertz CT molecular complexity index is 1280. The molecule has 1 fully saturated rings. The first kappa shape index (κ1) is 30.3. The summed E-state index contributed by atoms with van der Waals surface area (Å²) in [7, 11) is 0. The molecule has 0 aliphatic carbocycles. The van der Waals surface area contributed by atoms with Crippen molar-refractivity contribution in [3.63, 3.8) is 0 Å². The summed E-state index contributed by atoms with van der Waals surface area (Å²) >= 11 is 0. The second kappa shape index (κ2) is 13.7. The first-order valence-electron chi connectivity index (χ1n) is 13.2. The predicted molar refractivity (Wildman–Crippen MR) is 152 cm³/mol. The first-order chi connectivity index (χ1) is 18.3. The summed E-state index contributed by atoms with van der Waals surface area (Å²) in [6.45, 7) is 11.3. The lowest BCUT2D eigenvalue weighted by Crippen LogP contribution is -2.52. The molecule has 3 heterocycles. The molecule has 39 heavy (non-hydrogen) atoms. The van der Waals surface area contributed by atoms with Crippen molar-refractivity contribution in [2.24, 2.45) is 5.92 Å². The summed E-state index contributed by atoms with van der Waals surface area (Å²) in [5, 5.41) is 26.9. The van der Waals surface area contributed by atoms with Gasteiger partial charge >= 0.3 is 0 Å². The quantitative estimate of drug-likeness (QED) is 0.256. The number of fused-ring (bicyclic) bond motifs is 3. The van der Waals surface area contributed by atoms with E-state index in [2.05, 4.69) is 49.2 Å². The van der Waals surface area contributed by atoms with Crippen LogP contribution in [-0.4, -0.2) is 88.0 Å². The highest BCUT2D eigenvalue weighted by atomic mass is 35.5. The van der Waals surface area contributed by atoms with Crippen LogP contribution in [0.1, 0.15) is 39.4 Å². The van der Waals surface area contributed by atoms with Crippen LogP contribution in [-0.2, 0) is 14.3 Å². The van der Waals surface area contributed by atoms with Gasteiger partial charge in [0.25, 0.3) is 0 Å². The van der Waals surface area contributed by atoms with Crippen LogP contribution in [0.3, 0.4) is 0 Å². The average Bonchev–Trinajstić information content (AvgIpc) is 3.30. The van der Waals surface area contributed by atoms with Gasteiger partial charge in [0.15, 0.2) is 5.82 Å². The maximum Gasteiger partial charge on any atom is 0.249 e. The number of hydrogen-bond acceptors (Lipinski definition) is 9. The van der Waals surface area contributed by atoms with E-state index in [-0.39, 0.29) is 24.2 Å². The topological polar surface area (TPSA) is 146 Å². The van der Waals surface area contributed by atoms with E-state index in [0.717, 1.165) is 61.7 Å². The maximum atomic E-state index is 12.6. The van der Waals surface area contributed by atoms with Crippen LogP contribution in [0.5, 0.6) is 0 Å². The van der Waals surface area contributed by atoms with Gasteiger partial charge in [-0.15, -0.1) is 22.6 Å². The number of aromatic nitrogens is 4. The van der Waals surface area contributed by atoms with Gasteiger partial charge in [0.05, 0.1) is 24.2 Å². The molecule has 1 aliphatic heterocycles. The summed E-state index contributed by atoms with van der Waals surface area (Å²) in [5.41, 5.74) is 3.61. The molecule has 0 radical (unpaired) electrons. The number of hydrogen-bond donors (Lipinski definition) is 4. The number of halogens is 1. The van der Waals surface area contributed by atoms with E-state index in [9.17, 15) is 14.7 Å². The number of aliphatic hydroxyl groups excluding tert-OH is 1. The molecule has 0 spiro atoms. The van der Waals surface area contributed by atoms with E-state index in [1.165, 1.54) is 6.92 Å². The molecule has 12 nitrogen and oxygen atoms in total. The number of amides is 2. The largest absolute Gasteiger partial charge is 0.384 e. The molecule has 1 aromatic carbocycles. The molecule has 2 atom stereocenters. The van der Waals surface area contributed by atoms with Crippen LogP contribution < -0.4 is 20.9 Å². The summed E-state index contributed by atoms with van der Waals surface area (Å²) in [6.07, 6.45) is 0.370. The third-order valence-electron chi connectivity index (χ3n) is 6.67. The minimum atomic E-state index is -1.16. The SMILES string of the molecule is Cc1nnc2c(NCCCCNC(=O)C(NC(=O)C(C)O)C(C)C)nc3cc(N4CCOCC4)ccc3n12.Cl. The fourth-order valence-corrected chi connectivity index (χ4v) is 4.49. The van der Waals surface area contributed by atoms with E-state index in [4.69, 9.17) is 9.72 Å². The van der Waals surface area contributed by atoms with Crippen molar-refractivity contribution in [3.05, 3.63) is 24.0 Å². The van der Waals surface area contributed by atoms with Gasteiger partial charge in [-0.1, -0.05) is 13.8 Å². The molecular formula is C26H39ClN8O4. The molecule has 4 rings (SSSR count). The molecule has 13 heteroatoms. The number of rotatable bonds is 11. The molecular weight excluding hydrogens is 524 g/mol. The van der Waals surface area contributed by atoms with Gasteiger partial charge in [-0.05, 0) is 50.8 Å². The number of nitrogens with zero attached hydrogens (tertiary/aromatic N) is 5. The average molecular weight is 563 g/mol. The van der Waals surface area contributed by atoms with E-state index < -0.39 is 18.1 Å². The minimum absolute atomic E-state index is 0. The number of nitrogens with one attached hydrogen (secondary N) is 3. The summed E-state index contributed by atoms with van der Waals surface area (Å²) in [6, 6.07) is 5.58. The molecule has 214 valence electrons. The van der Waals surface area contributed by atoms with Gasteiger partial charge < -0.3 is 30.7 Å². The van der Waals surface area contributed by atoms with Gasteiger partial charge in [-0.2, -0.15) is 0 Å². The zero-order valence-electron chi connectivity index (χ0n) is 22.9. The zero-order valence-corrected chi connectivity index (χ0v) is 23.8. The fourth-order valence-electron chi connectivity index (χ4n) is 4.49. The Hall–Kier alpha value is -3.22. The van der Waals surface area contributed by atoms with Crippen molar-refractivity contribution in [1.82, 2.24) is 30.2 Å². The van der Waals surface area contributed by atoms with Crippen LogP contribution in [0.15, 0.2) is 18.2 Å². The Labute approximate surface area is 234 Å². The summed E-state index contributed by atoms with van der Waals surface area (Å²) in [4.78, 5) is 31.5. The standard InChI is InChI=1S/C26H38N8O4.ClH/c1-16(2)22(30-25(36)17(3)35)26(37)28-10-6-5-9-27-23-24-32-31-18(4)34(24)21-8-7-19(15-20(21)29-23)33-11-13-38-14-12-33;/h7-8,15-17,22,35H,5-6,9-14H2,1-4H3,(H,27,29)(H,28,37)(H,30,36);1H. The molecule has 0 bridgehead atoms. The summed E-state index contributed by atoms with van der Waals surface area (Å²) < 4.78 is 7.50. The Balaban J connectivity index is 0.00000420. The fraction of sp³-hybridized carbons (Fsp3) is 0.577. The highest BCUT2D eigenvalue weighted by Gasteiger charge is 2.25. The molecule has 1 aliphatic rings. The monoisotopic (exact) mass is 562 g/mol. The third-order valence-corrected chi connectivity index (χ3v) is 6.67. The highest BCUT2D eigenvalue weighted by Crippen LogP contribution is 2.26. The predicted octanol–water partition coefficient (Wildman–Crippen LogP) is 1.67. The van der Waals surface area contributed by atoms with Crippen LogP contribution in [0.2, 0.25) is 0 Å². The van der Waals surface area contributed by atoms with Gasteiger partial charge in [0.2, 0.25) is 17.5 Å². The summed E-state index contributed by atoms with van der Waals surface area (Å²) in [5.74, 6) is 0.547. The number of anilines is 2. The molecule has 4 N–H and O–H groups in total. The normalized spacial score (nSPS) is 15.2. The van der Waals surface area contributed by atoms with Gasteiger partial charge in [-0.25, -0.2) is 4.98 Å². The van der Waals surface area contributed by atoms with Crippen molar-refractivity contribution in [2.45, 2.75) is 52.7 Å². The smallest absolute Gasteiger partial charge is 0.249 e. The van der Waals surface area contributed by atoms with E-state index in [0.29, 0.717) is 24.6 Å².